The van der Waals surface area contributed by atoms with Crippen molar-refractivity contribution in [3.8, 4) is 0 Å². The Hall–Kier alpha value is -1.69. The topological polar surface area (TPSA) is 75.4 Å². The molecule has 1 aliphatic carbocycles. The van der Waals surface area contributed by atoms with E-state index in [1.807, 2.05) is 6.92 Å². The molecule has 0 radical (unpaired) electrons. The number of nitro benzene ring substituents is 1. The molecule has 0 amide bonds. The molecule has 1 atom stereocenters. The molecule has 5 nitrogen and oxygen atoms in total. The summed E-state index contributed by atoms with van der Waals surface area (Å²) in [6.45, 7) is 1.72. The first-order valence-corrected chi connectivity index (χ1v) is 5.79. The van der Waals surface area contributed by atoms with Crippen LogP contribution in [-0.2, 0) is 0 Å². The Balaban J connectivity index is 2.21. The summed E-state index contributed by atoms with van der Waals surface area (Å²) in [6, 6.07) is 3.47. The van der Waals surface area contributed by atoms with Gasteiger partial charge in [-0.05, 0) is 31.7 Å². The maximum atomic E-state index is 13.7. The molecular formula is C12H15FN2O3. The molecule has 18 heavy (non-hydrogen) atoms. The van der Waals surface area contributed by atoms with Crippen LogP contribution in [0.5, 0.6) is 0 Å². The highest BCUT2D eigenvalue weighted by molar-refractivity contribution is 5.52. The molecule has 2 rings (SSSR count). The number of nitrogens with one attached hydrogen (secondary N) is 1. The quantitative estimate of drug-likeness (QED) is 0.624. The number of anilines is 1. The Bertz CT molecular complexity index is 476. The van der Waals surface area contributed by atoms with Gasteiger partial charge < -0.3 is 10.4 Å². The third-order valence-electron chi connectivity index (χ3n) is 3.39. The van der Waals surface area contributed by atoms with Gasteiger partial charge in [-0.15, -0.1) is 0 Å². The van der Waals surface area contributed by atoms with E-state index < -0.39 is 16.3 Å². The van der Waals surface area contributed by atoms with Gasteiger partial charge in [0, 0.05) is 6.07 Å². The van der Waals surface area contributed by atoms with Gasteiger partial charge in [-0.25, -0.2) is 4.39 Å². The van der Waals surface area contributed by atoms with E-state index >= 15 is 0 Å². The van der Waals surface area contributed by atoms with Crippen LogP contribution in [0.4, 0.5) is 15.8 Å². The van der Waals surface area contributed by atoms with Crippen LogP contribution in [-0.4, -0.2) is 22.2 Å². The molecule has 1 fully saturated rings. The lowest BCUT2D eigenvalue weighted by Gasteiger charge is -2.30. The van der Waals surface area contributed by atoms with Crippen molar-refractivity contribution in [2.75, 3.05) is 11.9 Å². The number of rotatable bonds is 5. The zero-order valence-electron chi connectivity index (χ0n) is 10.0. The van der Waals surface area contributed by atoms with Gasteiger partial charge in [0.2, 0.25) is 0 Å². The summed E-state index contributed by atoms with van der Waals surface area (Å²) >= 11 is 0. The molecular weight excluding hydrogens is 239 g/mol. The lowest BCUT2D eigenvalue weighted by Crippen LogP contribution is -2.41. The monoisotopic (exact) mass is 254 g/mol. The normalized spacial score (nSPS) is 18.2. The number of nitro groups is 1. The molecule has 1 aromatic rings. The minimum atomic E-state index is -0.676. The molecule has 1 aromatic carbocycles. The van der Waals surface area contributed by atoms with Gasteiger partial charge in [0.1, 0.15) is 0 Å². The maximum absolute atomic E-state index is 13.7. The van der Waals surface area contributed by atoms with Crippen LogP contribution in [0.1, 0.15) is 19.8 Å². The van der Waals surface area contributed by atoms with E-state index in [2.05, 4.69) is 5.32 Å². The molecule has 0 spiro atoms. The van der Waals surface area contributed by atoms with Gasteiger partial charge in [0.25, 0.3) is 5.69 Å². The number of aliphatic hydroxyl groups excluding tert-OH is 1. The van der Waals surface area contributed by atoms with E-state index in [4.69, 9.17) is 0 Å². The van der Waals surface area contributed by atoms with Crippen molar-refractivity contribution in [2.45, 2.75) is 25.3 Å². The van der Waals surface area contributed by atoms with Gasteiger partial charge in [-0.3, -0.25) is 10.1 Å². The van der Waals surface area contributed by atoms with E-state index in [0.29, 0.717) is 5.92 Å². The van der Waals surface area contributed by atoms with Crippen LogP contribution in [0.15, 0.2) is 18.2 Å². The third-order valence-corrected chi connectivity index (χ3v) is 3.39. The van der Waals surface area contributed by atoms with E-state index in [9.17, 15) is 19.6 Å². The summed E-state index contributed by atoms with van der Waals surface area (Å²) in [7, 11) is 0. The second-order valence-electron chi connectivity index (χ2n) is 4.90. The molecule has 0 saturated heterocycles. The fourth-order valence-electron chi connectivity index (χ4n) is 2.02. The number of benzene rings is 1. The Morgan fingerprint density at radius 3 is 2.72 bits per heavy atom. The van der Waals surface area contributed by atoms with Crippen LogP contribution < -0.4 is 5.32 Å². The molecule has 98 valence electrons. The highest BCUT2D eigenvalue weighted by Crippen LogP contribution is 2.41. The van der Waals surface area contributed by atoms with Crippen molar-refractivity contribution in [1.29, 1.82) is 0 Å². The SMILES string of the molecule is C[C@](CO)(Nc1ccc([N+](=O)[O-])cc1F)C1CC1. The molecule has 2 N–H and O–H groups in total. The molecule has 0 aliphatic heterocycles. The summed E-state index contributed by atoms with van der Waals surface area (Å²) in [5.41, 5.74) is -0.670. The summed E-state index contributed by atoms with van der Waals surface area (Å²) in [5, 5.41) is 22.9. The first-order chi connectivity index (χ1) is 8.46. The molecule has 0 aromatic heterocycles. The number of aliphatic hydroxyl groups is 1. The number of non-ortho nitro benzene ring substituents is 1. The second kappa shape index (κ2) is 4.53. The highest BCUT2D eigenvalue weighted by Gasteiger charge is 2.41. The first-order valence-electron chi connectivity index (χ1n) is 5.79. The largest absolute Gasteiger partial charge is 0.394 e. The fourth-order valence-corrected chi connectivity index (χ4v) is 2.02. The Morgan fingerprint density at radius 2 is 2.28 bits per heavy atom. The second-order valence-corrected chi connectivity index (χ2v) is 4.90. The minimum Gasteiger partial charge on any atom is -0.394 e. The van der Waals surface area contributed by atoms with Crippen LogP contribution in [0.25, 0.3) is 0 Å². The Kier molecular flexibility index (Phi) is 3.21. The Labute approximate surface area is 104 Å². The maximum Gasteiger partial charge on any atom is 0.272 e. The lowest BCUT2D eigenvalue weighted by atomic mass is 9.96. The molecule has 1 saturated carbocycles. The van der Waals surface area contributed by atoms with Crippen molar-refractivity contribution in [3.63, 3.8) is 0 Å². The standard InChI is InChI=1S/C12H15FN2O3/c1-12(7-16,8-2-3-8)14-11-5-4-9(15(17)18)6-10(11)13/h4-6,8,14,16H,2-3,7H2,1H3/t12-/m1/s1. The number of halogens is 1. The van der Waals surface area contributed by atoms with E-state index in [-0.39, 0.29) is 18.0 Å². The van der Waals surface area contributed by atoms with Crippen molar-refractivity contribution < 1.29 is 14.4 Å². The average molecular weight is 254 g/mol. The number of nitrogens with zero attached hydrogens (tertiary/aromatic N) is 1. The smallest absolute Gasteiger partial charge is 0.272 e. The Morgan fingerprint density at radius 1 is 1.61 bits per heavy atom. The fraction of sp³-hybridized carbons (Fsp3) is 0.500. The molecule has 0 bridgehead atoms. The van der Waals surface area contributed by atoms with Gasteiger partial charge in [-0.1, -0.05) is 0 Å². The summed E-state index contributed by atoms with van der Waals surface area (Å²) in [6.07, 6.45) is 2.00. The van der Waals surface area contributed by atoms with Crippen molar-refractivity contribution >= 4 is 11.4 Å². The van der Waals surface area contributed by atoms with Gasteiger partial charge in [0.15, 0.2) is 5.82 Å². The van der Waals surface area contributed by atoms with Gasteiger partial charge in [-0.2, -0.15) is 0 Å². The predicted octanol–water partition coefficient (Wildman–Crippen LogP) is 2.31. The highest BCUT2D eigenvalue weighted by atomic mass is 19.1. The van der Waals surface area contributed by atoms with Gasteiger partial charge in [0.05, 0.1) is 28.8 Å². The van der Waals surface area contributed by atoms with Crippen molar-refractivity contribution in [1.82, 2.24) is 0 Å². The molecule has 0 heterocycles. The average Bonchev–Trinajstić information content (AvgIpc) is 3.15. The minimum absolute atomic E-state index is 0.103. The number of hydrogen-bond acceptors (Lipinski definition) is 4. The summed E-state index contributed by atoms with van der Waals surface area (Å²) in [5.74, 6) is -0.360. The van der Waals surface area contributed by atoms with Crippen molar-refractivity contribution in [3.05, 3.63) is 34.1 Å². The summed E-state index contributed by atoms with van der Waals surface area (Å²) < 4.78 is 13.7. The zero-order chi connectivity index (χ0) is 13.3. The van der Waals surface area contributed by atoms with E-state index in [0.717, 1.165) is 18.9 Å². The van der Waals surface area contributed by atoms with Crippen LogP contribution in [0.3, 0.4) is 0 Å². The van der Waals surface area contributed by atoms with Crippen molar-refractivity contribution in [2.24, 2.45) is 5.92 Å². The van der Waals surface area contributed by atoms with Crippen LogP contribution >= 0.6 is 0 Å². The third kappa shape index (κ3) is 2.43. The van der Waals surface area contributed by atoms with Crippen LogP contribution in [0, 0.1) is 21.8 Å². The molecule has 1 aliphatic rings. The lowest BCUT2D eigenvalue weighted by molar-refractivity contribution is -0.385. The zero-order valence-corrected chi connectivity index (χ0v) is 10.0. The molecule has 0 unspecified atom stereocenters. The first kappa shape index (κ1) is 12.8. The van der Waals surface area contributed by atoms with E-state index in [1.54, 1.807) is 0 Å². The summed E-state index contributed by atoms with van der Waals surface area (Å²) in [4.78, 5) is 9.86. The van der Waals surface area contributed by atoms with Gasteiger partial charge >= 0.3 is 0 Å². The number of hydrogen-bond donors (Lipinski definition) is 2. The van der Waals surface area contributed by atoms with Crippen LogP contribution in [0.2, 0.25) is 0 Å². The molecule has 6 heteroatoms. The predicted molar refractivity (Wildman–Crippen MR) is 64.9 cm³/mol. The van der Waals surface area contributed by atoms with E-state index in [1.165, 1.54) is 12.1 Å².